The summed E-state index contributed by atoms with van der Waals surface area (Å²) in [5.41, 5.74) is 0. The van der Waals surface area contributed by atoms with Gasteiger partial charge in [-0.1, -0.05) is 25.4 Å². The number of rotatable bonds is 5. The van der Waals surface area contributed by atoms with Crippen LogP contribution in [0.2, 0.25) is 5.02 Å². The molecule has 0 radical (unpaired) electrons. The lowest BCUT2D eigenvalue weighted by molar-refractivity contribution is 0.494. The van der Waals surface area contributed by atoms with Crippen LogP contribution in [0.3, 0.4) is 0 Å². The molecule has 1 N–H and O–H groups in total. The van der Waals surface area contributed by atoms with E-state index >= 15 is 0 Å². The van der Waals surface area contributed by atoms with Gasteiger partial charge in [-0.25, -0.2) is 0 Å². The minimum absolute atomic E-state index is 0.552. The Kier molecular flexibility index (Phi) is 4.93. The van der Waals surface area contributed by atoms with E-state index in [9.17, 15) is 0 Å². The third-order valence-corrected chi connectivity index (χ3v) is 3.94. The second kappa shape index (κ2) is 5.74. The smallest absolute Gasteiger partial charge is 0.0547 e. The molecule has 1 aromatic rings. The number of hydrogen-bond acceptors (Lipinski definition) is 2. The predicted octanol–water partition coefficient (Wildman–Crippen LogP) is 3.89. The molecule has 0 spiro atoms. The molecular formula is C11H18ClNS. The van der Waals surface area contributed by atoms with Gasteiger partial charge >= 0.3 is 0 Å². The van der Waals surface area contributed by atoms with E-state index in [0.717, 1.165) is 18.0 Å². The topological polar surface area (TPSA) is 12.0 Å². The molecule has 2 unspecified atom stereocenters. The van der Waals surface area contributed by atoms with Gasteiger partial charge in [-0.15, -0.1) is 11.3 Å². The summed E-state index contributed by atoms with van der Waals surface area (Å²) in [6.07, 6.45) is 1.15. The summed E-state index contributed by atoms with van der Waals surface area (Å²) in [5.74, 6) is 0.552. The van der Waals surface area contributed by atoms with Crippen LogP contribution in [0.1, 0.15) is 38.0 Å². The summed E-state index contributed by atoms with van der Waals surface area (Å²) in [5, 5.41) is 6.40. The number of nitrogens with one attached hydrogen (secondary N) is 1. The maximum atomic E-state index is 6.09. The fourth-order valence-electron chi connectivity index (χ4n) is 1.73. The molecule has 0 aliphatic heterocycles. The average Bonchev–Trinajstić information content (AvgIpc) is 2.51. The quantitative estimate of drug-likeness (QED) is 0.811. The summed E-state index contributed by atoms with van der Waals surface area (Å²) in [7, 11) is 0. The van der Waals surface area contributed by atoms with Gasteiger partial charge in [0, 0.05) is 10.9 Å². The van der Waals surface area contributed by atoms with E-state index in [-0.39, 0.29) is 0 Å². The highest BCUT2D eigenvalue weighted by Gasteiger charge is 2.13. The van der Waals surface area contributed by atoms with Gasteiger partial charge in [0.05, 0.1) is 5.02 Å². The molecule has 0 aliphatic rings. The molecule has 3 heteroatoms. The Hall–Kier alpha value is -0.0500. The highest BCUT2D eigenvalue weighted by atomic mass is 35.5. The Bertz CT molecular complexity index is 272. The van der Waals surface area contributed by atoms with Crippen LogP contribution in [0, 0.1) is 0 Å². The summed E-state index contributed by atoms with van der Waals surface area (Å²) in [6.45, 7) is 7.64. The van der Waals surface area contributed by atoms with Crippen molar-refractivity contribution in [1.29, 1.82) is 0 Å². The molecule has 14 heavy (non-hydrogen) atoms. The first-order valence-electron chi connectivity index (χ1n) is 5.11. The van der Waals surface area contributed by atoms with E-state index in [4.69, 9.17) is 11.6 Å². The van der Waals surface area contributed by atoms with Crippen molar-refractivity contribution in [2.75, 3.05) is 6.54 Å². The molecule has 0 aliphatic carbocycles. The molecule has 80 valence electrons. The van der Waals surface area contributed by atoms with Crippen molar-refractivity contribution in [3.63, 3.8) is 0 Å². The standard InChI is InChI=1S/C11H18ClNS/c1-4-13-9(3)7-8(2)11-10(12)5-6-14-11/h5-6,8-9,13H,4,7H2,1-3H3. The molecular weight excluding hydrogens is 214 g/mol. The molecule has 1 aromatic heterocycles. The van der Waals surface area contributed by atoms with Crippen LogP contribution in [0.25, 0.3) is 0 Å². The first-order valence-corrected chi connectivity index (χ1v) is 6.37. The van der Waals surface area contributed by atoms with Crippen molar-refractivity contribution in [1.82, 2.24) is 5.32 Å². The Morgan fingerprint density at radius 2 is 2.21 bits per heavy atom. The first-order chi connectivity index (χ1) is 6.65. The van der Waals surface area contributed by atoms with Gasteiger partial charge in [-0.2, -0.15) is 0 Å². The third-order valence-electron chi connectivity index (χ3n) is 2.35. The number of halogens is 1. The Morgan fingerprint density at radius 1 is 1.50 bits per heavy atom. The molecule has 1 heterocycles. The Labute approximate surface area is 95.5 Å². The molecule has 0 saturated carbocycles. The van der Waals surface area contributed by atoms with Crippen LogP contribution >= 0.6 is 22.9 Å². The van der Waals surface area contributed by atoms with E-state index in [2.05, 4.69) is 31.5 Å². The van der Waals surface area contributed by atoms with Crippen LogP contribution < -0.4 is 5.32 Å². The van der Waals surface area contributed by atoms with E-state index in [1.165, 1.54) is 4.88 Å². The van der Waals surface area contributed by atoms with Crippen molar-refractivity contribution < 1.29 is 0 Å². The van der Waals surface area contributed by atoms with Gasteiger partial charge in [0.1, 0.15) is 0 Å². The van der Waals surface area contributed by atoms with Gasteiger partial charge in [-0.3, -0.25) is 0 Å². The fraction of sp³-hybridized carbons (Fsp3) is 0.636. The van der Waals surface area contributed by atoms with Crippen molar-refractivity contribution in [3.8, 4) is 0 Å². The van der Waals surface area contributed by atoms with Crippen LogP contribution in [-0.4, -0.2) is 12.6 Å². The zero-order chi connectivity index (χ0) is 10.6. The first kappa shape index (κ1) is 12.0. The highest BCUT2D eigenvalue weighted by Crippen LogP contribution is 2.32. The molecule has 0 bridgehead atoms. The molecule has 0 aromatic carbocycles. The van der Waals surface area contributed by atoms with Crippen LogP contribution in [-0.2, 0) is 0 Å². The van der Waals surface area contributed by atoms with E-state index in [1.54, 1.807) is 11.3 Å². The molecule has 1 nitrogen and oxygen atoms in total. The molecule has 1 rings (SSSR count). The lowest BCUT2D eigenvalue weighted by atomic mass is 10.0. The monoisotopic (exact) mass is 231 g/mol. The van der Waals surface area contributed by atoms with Crippen molar-refractivity contribution >= 4 is 22.9 Å². The molecule has 0 amide bonds. The normalized spacial score (nSPS) is 15.4. The summed E-state index contributed by atoms with van der Waals surface area (Å²) in [4.78, 5) is 1.32. The Balaban J connectivity index is 2.50. The SMILES string of the molecule is CCNC(C)CC(C)c1sccc1Cl. The minimum Gasteiger partial charge on any atom is -0.315 e. The summed E-state index contributed by atoms with van der Waals surface area (Å²) < 4.78 is 0. The minimum atomic E-state index is 0.552. The second-order valence-corrected chi connectivity index (χ2v) is 5.08. The van der Waals surface area contributed by atoms with Gasteiger partial charge in [0.15, 0.2) is 0 Å². The molecule has 2 atom stereocenters. The lowest BCUT2D eigenvalue weighted by Crippen LogP contribution is -2.26. The number of thiophene rings is 1. The largest absolute Gasteiger partial charge is 0.315 e. The molecule has 0 fully saturated rings. The summed E-state index contributed by atoms with van der Waals surface area (Å²) >= 11 is 7.84. The highest BCUT2D eigenvalue weighted by molar-refractivity contribution is 7.10. The van der Waals surface area contributed by atoms with Crippen LogP contribution in [0.5, 0.6) is 0 Å². The van der Waals surface area contributed by atoms with Crippen molar-refractivity contribution in [2.45, 2.75) is 39.2 Å². The van der Waals surface area contributed by atoms with Crippen LogP contribution in [0.4, 0.5) is 0 Å². The van der Waals surface area contributed by atoms with Gasteiger partial charge in [0.2, 0.25) is 0 Å². The Morgan fingerprint density at radius 3 is 2.71 bits per heavy atom. The number of hydrogen-bond donors (Lipinski definition) is 1. The van der Waals surface area contributed by atoms with Gasteiger partial charge in [-0.05, 0) is 37.3 Å². The van der Waals surface area contributed by atoms with Crippen molar-refractivity contribution in [3.05, 3.63) is 21.3 Å². The van der Waals surface area contributed by atoms with E-state index < -0.39 is 0 Å². The van der Waals surface area contributed by atoms with Crippen molar-refractivity contribution in [2.24, 2.45) is 0 Å². The third kappa shape index (κ3) is 3.26. The lowest BCUT2D eigenvalue weighted by Gasteiger charge is -2.17. The zero-order valence-electron chi connectivity index (χ0n) is 9.01. The van der Waals surface area contributed by atoms with E-state index in [1.807, 2.05) is 6.07 Å². The van der Waals surface area contributed by atoms with Crippen LogP contribution in [0.15, 0.2) is 11.4 Å². The average molecular weight is 232 g/mol. The zero-order valence-corrected chi connectivity index (χ0v) is 10.6. The maximum Gasteiger partial charge on any atom is 0.0547 e. The predicted molar refractivity (Wildman–Crippen MR) is 65.5 cm³/mol. The maximum absolute atomic E-state index is 6.09. The molecule has 0 saturated heterocycles. The van der Waals surface area contributed by atoms with Gasteiger partial charge < -0.3 is 5.32 Å². The second-order valence-electron chi connectivity index (χ2n) is 3.73. The van der Waals surface area contributed by atoms with Gasteiger partial charge in [0.25, 0.3) is 0 Å². The summed E-state index contributed by atoms with van der Waals surface area (Å²) in [6, 6.07) is 2.55. The van der Waals surface area contributed by atoms with E-state index in [0.29, 0.717) is 12.0 Å². The fourth-order valence-corrected chi connectivity index (χ4v) is 3.04.